The van der Waals surface area contributed by atoms with Crippen molar-refractivity contribution >= 4 is 33.6 Å². The number of halogens is 1. The summed E-state index contributed by atoms with van der Waals surface area (Å²) in [5.74, 6) is -0.153. The lowest BCUT2D eigenvalue weighted by Crippen LogP contribution is -2.36. The number of hydrogen-bond acceptors (Lipinski definition) is 3. The average Bonchev–Trinajstić information content (AvgIpc) is 2.38. The normalized spacial score (nSPS) is 12.3. The molecule has 0 fully saturated rings. The lowest BCUT2D eigenvalue weighted by atomic mass is 10.1. The van der Waals surface area contributed by atoms with Gasteiger partial charge in [-0.1, -0.05) is 23.7 Å². The van der Waals surface area contributed by atoms with E-state index in [0.29, 0.717) is 17.1 Å². The molecule has 0 atom stereocenters. The molecule has 7 heteroatoms. The number of nitrogens with zero attached hydrogens (tertiary/aromatic N) is 1. The van der Waals surface area contributed by atoms with Crippen molar-refractivity contribution < 1.29 is 13.2 Å². The Bertz CT molecular complexity index is 624. The van der Waals surface area contributed by atoms with Crippen LogP contribution in [0.3, 0.4) is 0 Å². The minimum absolute atomic E-state index is 0.153. The number of nitrogens with one attached hydrogen (secondary N) is 1. The van der Waals surface area contributed by atoms with E-state index in [2.05, 4.69) is 4.72 Å². The Morgan fingerprint density at radius 2 is 1.90 bits per heavy atom. The molecule has 1 amide bonds. The van der Waals surface area contributed by atoms with Gasteiger partial charge in [-0.3, -0.25) is 4.79 Å². The van der Waals surface area contributed by atoms with Gasteiger partial charge in [0.1, 0.15) is 0 Å². The molecule has 0 saturated carbocycles. The van der Waals surface area contributed by atoms with E-state index in [1.165, 1.54) is 4.90 Å². The number of benzene rings is 1. The first-order valence-corrected chi connectivity index (χ1v) is 8.60. The highest BCUT2D eigenvalue weighted by atomic mass is 35.5. The van der Waals surface area contributed by atoms with Crippen LogP contribution in [0.4, 0.5) is 0 Å². The molecule has 0 radical (unpaired) electrons. The van der Waals surface area contributed by atoms with Crippen LogP contribution in [0.25, 0.3) is 6.08 Å². The summed E-state index contributed by atoms with van der Waals surface area (Å²) in [5.41, 5.74) is 1.45. The first kappa shape index (κ1) is 17.7. The van der Waals surface area contributed by atoms with Crippen LogP contribution < -0.4 is 4.72 Å². The number of hydrogen-bond donors (Lipinski definition) is 1. The molecule has 0 heterocycles. The number of sulfonamides is 1. The Morgan fingerprint density at radius 3 is 2.43 bits per heavy atom. The van der Waals surface area contributed by atoms with E-state index in [9.17, 15) is 13.2 Å². The van der Waals surface area contributed by atoms with E-state index in [-0.39, 0.29) is 12.5 Å². The van der Waals surface area contributed by atoms with Crippen LogP contribution in [0.2, 0.25) is 5.02 Å². The molecule has 0 bridgehead atoms. The molecule has 116 valence electrons. The van der Waals surface area contributed by atoms with Crippen LogP contribution in [0.15, 0.2) is 29.8 Å². The van der Waals surface area contributed by atoms with Crippen molar-refractivity contribution in [1.29, 1.82) is 0 Å². The van der Waals surface area contributed by atoms with E-state index >= 15 is 0 Å². The van der Waals surface area contributed by atoms with Gasteiger partial charge in [-0.05, 0) is 30.7 Å². The molecule has 0 aliphatic rings. The molecule has 0 saturated heterocycles. The minimum Gasteiger partial charge on any atom is -0.341 e. The summed E-state index contributed by atoms with van der Waals surface area (Å²) in [5, 5.41) is 0.639. The highest BCUT2D eigenvalue weighted by Crippen LogP contribution is 2.13. The third kappa shape index (κ3) is 6.75. The SMILES string of the molecule is C/C(=C\c1ccc(Cl)cc1)C(=O)N(C)CCNS(C)(=O)=O. The second-order valence-corrected chi connectivity index (χ2v) is 7.04. The monoisotopic (exact) mass is 330 g/mol. The van der Waals surface area contributed by atoms with Crippen molar-refractivity contribution in [2.24, 2.45) is 0 Å². The summed E-state index contributed by atoms with van der Waals surface area (Å²) >= 11 is 5.80. The van der Waals surface area contributed by atoms with Gasteiger partial charge in [0.05, 0.1) is 6.26 Å². The minimum atomic E-state index is -3.23. The van der Waals surface area contributed by atoms with Gasteiger partial charge in [-0.25, -0.2) is 13.1 Å². The molecule has 1 aromatic rings. The van der Waals surface area contributed by atoms with Crippen molar-refractivity contribution in [2.45, 2.75) is 6.92 Å². The summed E-state index contributed by atoms with van der Waals surface area (Å²) in [7, 11) is -1.60. The highest BCUT2D eigenvalue weighted by Gasteiger charge is 2.11. The second kappa shape index (κ2) is 7.59. The van der Waals surface area contributed by atoms with Gasteiger partial charge in [0, 0.05) is 30.7 Å². The number of carbonyl (C=O) groups is 1. The van der Waals surface area contributed by atoms with Gasteiger partial charge >= 0.3 is 0 Å². The molecule has 0 aliphatic carbocycles. The summed E-state index contributed by atoms with van der Waals surface area (Å²) in [4.78, 5) is 13.6. The van der Waals surface area contributed by atoms with Gasteiger partial charge in [0.2, 0.25) is 15.9 Å². The van der Waals surface area contributed by atoms with E-state index in [1.807, 2.05) is 12.1 Å². The molecular formula is C14H19ClN2O3S. The fraction of sp³-hybridized carbons (Fsp3) is 0.357. The van der Waals surface area contributed by atoms with Gasteiger partial charge in [-0.2, -0.15) is 0 Å². The molecule has 21 heavy (non-hydrogen) atoms. The Hall–Kier alpha value is -1.37. The van der Waals surface area contributed by atoms with Crippen LogP contribution in [-0.4, -0.2) is 45.6 Å². The molecule has 0 aromatic heterocycles. The molecule has 1 aromatic carbocycles. The van der Waals surface area contributed by atoms with E-state index in [0.717, 1.165) is 11.8 Å². The van der Waals surface area contributed by atoms with Crippen LogP contribution in [0, 0.1) is 0 Å². The smallest absolute Gasteiger partial charge is 0.249 e. The predicted octanol–water partition coefficient (Wildman–Crippen LogP) is 1.75. The maximum atomic E-state index is 12.1. The number of likely N-dealkylation sites (N-methyl/N-ethyl adjacent to an activating group) is 1. The fourth-order valence-corrected chi connectivity index (χ4v) is 2.26. The molecule has 0 unspecified atom stereocenters. The van der Waals surface area contributed by atoms with E-state index in [4.69, 9.17) is 11.6 Å². The zero-order valence-corrected chi connectivity index (χ0v) is 13.8. The highest BCUT2D eigenvalue weighted by molar-refractivity contribution is 7.88. The molecule has 1 N–H and O–H groups in total. The van der Waals surface area contributed by atoms with Crippen molar-refractivity contribution in [3.8, 4) is 0 Å². The number of rotatable bonds is 6. The van der Waals surface area contributed by atoms with Crippen molar-refractivity contribution in [1.82, 2.24) is 9.62 Å². The Balaban J connectivity index is 2.62. The fourth-order valence-electron chi connectivity index (χ4n) is 1.67. The zero-order chi connectivity index (χ0) is 16.0. The van der Waals surface area contributed by atoms with Gasteiger partial charge < -0.3 is 4.90 Å². The van der Waals surface area contributed by atoms with Crippen LogP contribution in [0.1, 0.15) is 12.5 Å². The number of carbonyl (C=O) groups excluding carboxylic acids is 1. The summed E-state index contributed by atoms with van der Waals surface area (Å²) < 4.78 is 24.2. The Kier molecular flexibility index (Phi) is 6.39. The Morgan fingerprint density at radius 1 is 1.33 bits per heavy atom. The maximum absolute atomic E-state index is 12.1. The first-order chi connectivity index (χ1) is 9.69. The largest absolute Gasteiger partial charge is 0.341 e. The quantitative estimate of drug-likeness (QED) is 0.808. The lowest BCUT2D eigenvalue weighted by molar-refractivity contribution is -0.125. The Labute approximate surface area is 130 Å². The summed E-state index contributed by atoms with van der Waals surface area (Å²) in [6.07, 6.45) is 2.85. The van der Waals surface area contributed by atoms with Crippen LogP contribution >= 0.6 is 11.6 Å². The van der Waals surface area contributed by atoms with Crippen LogP contribution in [0.5, 0.6) is 0 Å². The molecule has 5 nitrogen and oxygen atoms in total. The average molecular weight is 331 g/mol. The standard InChI is InChI=1S/C14H19ClN2O3S/c1-11(10-12-4-6-13(15)7-5-12)14(18)17(2)9-8-16-21(3,19)20/h4-7,10,16H,8-9H2,1-3H3/b11-10+. The van der Waals surface area contributed by atoms with Crippen molar-refractivity contribution in [2.75, 3.05) is 26.4 Å². The summed E-state index contributed by atoms with van der Waals surface area (Å²) in [6, 6.07) is 7.16. The van der Waals surface area contributed by atoms with Gasteiger partial charge in [0.25, 0.3) is 0 Å². The van der Waals surface area contributed by atoms with Gasteiger partial charge in [-0.15, -0.1) is 0 Å². The van der Waals surface area contributed by atoms with Crippen molar-refractivity contribution in [3.05, 3.63) is 40.4 Å². The number of amides is 1. The predicted molar refractivity (Wildman–Crippen MR) is 85.6 cm³/mol. The van der Waals surface area contributed by atoms with E-state index in [1.54, 1.807) is 32.2 Å². The third-order valence-electron chi connectivity index (χ3n) is 2.75. The first-order valence-electron chi connectivity index (χ1n) is 6.33. The summed E-state index contributed by atoms with van der Waals surface area (Å²) in [6.45, 7) is 2.21. The molecular weight excluding hydrogens is 312 g/mol. The molecule has 1 rings (SSSR count). The third-order valence-corrected chi connectivity index (χ3v) is 3.73. The lowest BCUT2D eigenvalue weighted by Gasteiger charge is -2.17. The topological polar surface area (TPSA) is 66.5 Å². The zero-order valence-electron chi connectivity index (χ0n) is 12.3. The van der Waals surface area contributed by atoms with Gasteiger partial charge in [0.15, 0.2) is 0 Å². The second-order valence-electron chi connectivity index (χ2n) is 4.77. The molecule has 0 aliphatic heterocycles. The van der Waals surface area contributed by atoms with Crippen LogP contribution in [-0.2, 0) is 14.8 Å². The van der Waals surface area contributed by atoms with E-state index < -0.39 is 10.0 Å². The maximum Gasteiger partial charge on any atom is 0.249 e. The van der Waals surface area contributed by atoms with Crippen molar-refractivity contribution in [3.63, 3.8) is 0 Å². The molecule has 0 spiro atoms.